The molecule has 1 unspecified atom stereocenters. The molecule has 1 aliphatic heterocycles. The minimum atomic E-state index is 0.419. The van der Waals surface area contributed by atoms with Gasteiger partial charge in [0.1, 0.15) is 0 Å². The predicted molar refractivity (Wildman–Crippen MR) is 115 cm³/mol. The Morgan fingerprint density at radius 1 is 1.33 bits per heavy atom. The van der Waals surface area contributed by atoms with Gasteiger partial charge < -0.3 is 20.3 Å². The van der Waals surface area contributed by atoms with Gasteiger partial charge in [-0.2, -0.15) is 0 Å². The van der Waals surface area contributed by atoms with Gasteiger partial charge in [-0.15, -0.1) is 0 Å². The van der Waals surface area contributed by atoms with Gasteiger partial charge in [-0.05, 0) is 38.7 Å². The highest BCUT2D eigenvalue weighted by Crippen LogP contribution is 2.17. The van der Waals surface area contributed by atoms with E-state index in [2.05, 4.69) is 60.6 Å². The number of benzene rings is 1. The maximum atomic E-state index is 5.16. The summed E-state index contributed by atoms with van der Waals surface area (Å²) in [5.74, 6) is 1.37. The number of likely N-dealkylation sites (tertiary alicyclic amines) is 1. The third-order valence-corrected chi connectivity index (χ3v) is 5.23. The second-order valence-electron chi connectivity index (χ2n) is 7.64. The van der Waals surface area contributed by atoms with Crippen LogP contribution in [-0.2, 0) is 4.74 Å². The standard InChI is InChI=1S/C22H38N4O/c1-5-23-22(24-17-19(3)20-9-6-8-18(2)16-20)25-21-10-13-26(14-11-21)12-7-15-27-4/h6,8-9,16,19,21H,5,7,10-15,17H2,1-4H3,(H2,23,24,25). The van der Waals surface area contributed by atoms with Gasteiger partial charge in [-0.25, -0.2) is 0 Å². The minimum absolute atomic E-state index is 0.419. The van der Waals surface area contributed by atoms with Crippen molar-refractivity contribution < 1.29 is 4.74 Å². The van der Waals surface area contributed by atoms with Gasteiger partial charge in [-0.1, -0.05) is 36.8 Å². The molecule has 1 heterocycles. The third-order valence-electron chi connectivity index (χ3n) is 5.23. The van der Waals surface area contributed by atoms with Crippen molar-refractivity contribution in [3.63, 3.8) is 0 Å². The van der Waals surface area contributed by atoms with Gasteiger partial charge in [0.2, 0.25) is 0 Å². The van der Waals surface area contributed by atoms with E-state index in [9.17, 15) is 0 Å². The van der Waals surface area contributed by atoms with Gasteiger partial charge >= 0.3 is 0 Å². The highest BCUT2D eigenvalue weighted by molar-refractivity contribution is 5.80. The molecule has 1 aromatic carbocycles. The molecule has 152 valence electrons. The molecular formula is C22H38N4O. The molecule has 0 aliphatic carbocycles. The van der Waals surface area contributed by atoms with Crippen LogP contribution in [0.5, 0.6) is 0 Å². The van der Waals surface area contributed by atoms with Gasteiger partial charge in [0, 0.05) is 58.4 Å². The Hall–Kier alpha value is -1.59. The van der Waals surface area contributed by atoms with Crippen molar-refractivity contribution in [2.45, 2.75) is 52.0 Å². The van der Waals surface area contributed by atoms with Crippen molar-refractivity contribution in [3.8, 4) is 0 Å². The normalized spacial score (nSPS) is 17.7. The molecular weight excluding hydrogens is 336 g/mol. The van der Waals surface area contributed by atoms with Crippen molar-refractivity contribution in [2.75, 3.05) is 46.4 Å². The second kappa shape index (κ2) is 12.0. The number of aliphatic imine (C=N–C) groups is 1. The molecule has 1 saturated heterocycles. The lowest BCUT2D eigenvalue weighted by molar-refractivity contribution is 0.155. The number of nitrogens with zero attached hydrogens (tertiary/aromatic N) is 2. The van der Waals surface area contributed by atoms with Gasteiger partial charge in [0.15, 0.2) is 5.96 Å². The molecule has 0 aromatic heterocycles. The Balaban J connectivity index is 1.81. The number of aryl methyl sites for hydroxylation is 1. The summed E-state index contributed by atoms with van der Waals surface area (Å²) in [6.07, 6.45) is 3.46. The van der Waals surface area contributed by atoms with E-state index in [1.165, 1.54) is 24.0 Å². The molecule has 1 atom stereocenters. The summed E-state index contributed by atoms with van der Waals surface area (Å²) in [7, 11) is 1.78. The molecule has 1 aliphatic rings. The molecule has 27 heavy (non-hydrogen) atoms. The summed E-state index contributed by atoms with van der Waals surface area (Å²) < 4.78 is 5.16. The first-order valence-electron chi connectivity index (χ1n) is 10.4. The van der Waals surface area contributed by atoms with E-state index < -0.39 is 0 Å². The molecule has 2 N–H and O–H groups in total. The lowest BCUT2D eigenvalue weighted by Gasteiger charge is -2.33. The monoisotopic (exact) mass is 374 g/mol. The van der Waals surface area contributed by atoms with Crippen LogP contribution in [-0.4, -0.2) is 63.3 Å². The molecule has 0 saturated carbocycles. The third kappa shape index (κ3) is 7.89. The van der Waals surface area contributed by atoms with Crippen LogP contribution < -0.4 is 10.6 Å². The van der Waals surface area contributed by atoms with E-state index in [1.807, 2.05) is 0 Å². The summed E-state index contributed by atoms with van der Waals surface area (Å²) in [5, 5.41) is 7.06. The molecule has 2 rings (SSSR count). The van der Waals surface area contributed by atoms with Gasteiger partial charge in [0.25, 0.3) is 0 Å². The van der Waals surface area contributed by atoms with E-state index in [1.54, 1.807) is 7.11 Å². The van der Waals surface area contributed by atoms with Crippen LogP contribution in [0.3, 0.4) is 0 Å². The summed E-state index contributed by atoms with van der Waals surface area (Å²) in [5.41, 5.74) is 2.67. The number of ether oxygens (including phenoxy) is 1. The maximum Gasteiger partial charge on any atom is 0.191 e. The predicted octanol–water partition coefficient (Wildman–Crippen LogP) is 3.15. The summed E-state index contributed by atoms with van der Waals surface area (Å²) >= 11 is 0. The zero-order chi connectivity index (χ0) is 19.5. The second-order valence-corrected chi connectivity index (χ2v) is 7.64. The average molecular weight is 375 g/mol. The Morgan fingerprint density at radius 3 is 2.78 bits per heavy atom. The highest BCUT2D eigenvalue weighted by Gasteiger charge is 2.19. The van der Waals surface area contributed by atoms with Crippen molar-refractivity contribution in [1.82, 2.24) is 15.5 Å². The molecule has 1 fully saturated rings. The van der Waals surface area contributed by atoms with E-state index >= 15 is 0 Å². The van der Waals surface area contributed by atoms with E-state index in [-0.39, 0.29) is 0 Å². The number of hydrogen-bond acceptors (Lipinski definition) is 3. The number of guanidine groups is 1. The fourth-order valence-corrected chi connectivity index (χ4v) is 3.56. The van der Waals surface area contributed by atoms with E-state index in [0.29, 0.717) is 12.0 Å². The topological polar surface area (TPSA) is 48.9 Å². The number of rotatable bonds is 9. The molecule has 0 amide bonds. The van der Waals surface area contributed by atoms with Crippen LogP contribution in [0.25, 0.3) is 0 Å². The molecule has 0 spiro atoms. The zero-order valence-corrected chi connectivity index (χ0v) is 17.6. The van der Waals surface area contributed by atoms with Crippen molar-refractivity contribution in [3.05, 3.63) is 35.4 Å². The largest absolute Gasteiger partial charge is 0.385 e. The number of hydrogen-bond donors (Lipinski definition) is 2. The average Bonchev–Trinajstić information content (AvgIpc) is 2.67. The first-order chi connectivity index (χ1) is 13.1. The first-order valence-corrected chi connectivity index (χ1v) is 10.4. The zero-order valence-electron chi connectivity index (χ0n) is 17.6. The Labute approximate surface area is 165 Å². The van der Waals surface area contributed by atoms with Crippen LogP contribution in [0.15, 0.2) is 29.3 Å². The quantitative estimate of drug-likeness (QED) is 0.396. The molecule has 0 radical (unpaired) electrons. The SMILES string of the molecule is CCNC(=NCC(C)c1cccc(C)c1)NC1CCN(CCCOC)CC1. The fraction of sp³-hybridized carbons (Fsp3) is 0.682. The van der Waals surface area contributed by atoms with Gasteiger partial charge in [-0.3, -0.25) is 4.99 Å². The van der Waals surface area contributed by atoms with Crippen LogP contribution in [0.1, 0.15) is 50.2 Å². The molecule has 1 aromatic rings. The smallest absolute Gasteiger partial charge is 0.191 e. The summed E-state index contributed by atoms with van der Waals surface area (Å²) in [4.78, 5) is 7.40. The summed E-state index contributed by atoms with van der Waals surface area (Å²) in [6.45, 7) is 12.5. The van der Waals surface area contributed by atoms with Gasteiger partial charge in [0.05, 0.1) is 0 Å². The Bertz CT molecular complexity index is 567. The summed E-state index contributed by atoms with van der Waals surface area (Å²) in [6, 6.07) is 9.25. The van der Waals surface area contributed by atoms with Crippen molar-refractivity contribution in [2.24, 2.45) is 4.99 Å². The number of methoxy groups -OCH3 is 1. The molecule has 5 heteroatoms. The maximum absolute atomic E-state index is 5.16. The van der Waals surface area contributed by atoms with Crippen molar-refractivity contribution in [1.29, 1.82) is 0 Å². The van der Waals surface area contributed by atoms with Crippen LogP contribution >= 0.6 is 0 Å². The Kier molecular flexibility index (Phi) is 9.64. The Morgan fingerprint density at radius 2 is 2.11 bits per heavy atom. The number of piperidine rings is 1. The molecule has 0 bridgehead atoms. The van der Waals surface area contributed by atoms with E-state index in [4.69, 9.17) is 9.73 Å². The van der Waals surface area contributed by atoms with Crippen molar-refractivity contribution >= 4 is 5.96 Å². The molecule has 5 nitrogen and oxygen atoms in total. The number of nitrogens with one attached hydrogen (secondary N) is 2. The van der Waals surface area contributed by atoms with Crippen LogP contribution in [0, 0.1) is 6.92 Å². The van der Waals surface area contributed by atoms with E-state index in [0.717, 1.165) is 51.7 Å². The first kappa shape index (κ1) is 21.7. The fourth-order valence-electron chi connectivity index (χ4n) is 3.56. The van der Waals surface area contributed by atoms with Crippen LogP contribution in [0.4, 0.5) is 0 Å². The lowest BCUT2D eigenvalue weighted by atomic mass is 10.00. The lowest BCUT2D eigenvalue weighted by Crippen LogP contribution is -2.49. The highest BCUT2D eigenvalue weighted by atomic mass is 16.5. The minimum Gasteiger partial charge on any atom is -0.385 e. The van der Waals surface area contributed by atoms with Crippen LogP contribution in [0.2, 0.25) is 0 Å².